The lowest BCUT2D eigenvalue weighted by atomic mass is 10.4. The van der Waals surface area contributed by atoms with Crippen LogP contribution in [0, 0.1) is 13.8 Å². The fourth-order valence-electron chi connectivity index (χ4n) is 1.24. The first-order valence-corrected chi connectivity index (χ1v) is 6.08. The molecule has 2 heterocycles. The number of anilines is 1. The van der Waals surface area contributed by atoms with Crippen molar-refractivity contribution >= 4 is 33.3 Å². The maximum Gasteiger partial charge on any atom is 0.224 e. The molecule has 17 heavy (non-hydrogen) atoms. The monoisotopic (exact) mass is 316 g/mol. The van der Waals surface area contributed by atoms with Gasteiger partial charge in [-0.05, 0) is 41.4 Å². The van der Waals surface area contributed by atoms with Crippen molar-refractivity contribution in [3.63, 3.8) is 0 Å². The molecule has 0 aliphatic rings. The van der Waals surface area contributed by atoms with Crippen molar-refractivity contribution in [1.29, 1.82) is 0 Å². The summed E-state index contributed by atoms with van der Waals surface area (Å²) in [6.45, 7) is 4.23. The molecule has 0 radical (unpaired) electrons. The molecule has 0 saturated carbocycles. The maximum absolute atomic E-state index is 5.71. The Kier molecular flexibility index (Phi) is 3.63. The zero-order chi connectivity index (χ0) is 12.4. The first kappa shape index (κ1) is 12.3. The highest BCUT2D eigenvalue weighted by Gasteiger charge is 2.07. The molecule has 7 heteroatoms. The molecule has 2 rings (SSSR count). The van der Waals surface area contributed by atoms with Crippen LogP contribution in [0.3, 0.4) is 0 Å². The molecule has 0 fully saturated rings. The van der Waals surface area contributed by atoms with E-state index in [0.717, 1.165) is 15.9 Å². The third-order valence-electron chi connectivity index (χ3n) is 2.19. The molecule has 0 spiro atoms. The van der Waals surface area contributed by atoms with E-state index in [9.17, 15) is 0 Å². The number of hydrogen-bond acceptors (Lipinski definition) is 5. The van der Waals surface area contributed by atoms with Crippen LogP contribution in [-0.2, 0) is 6.54 Å². The van der Waals surface area contributed by atoms with Crippen LogP contribution in [0.5, 0.6) is 0 Å². The number of aryl methyl sites for hydroxylation is 2. The van der Waals surface area contributed by atoms with E-state index in [0.29, 0.717) is 18.3 Å². The van der Waals surface area contributed by atoms with Crippen LogP contribution in [0.1, 0.15) is 17.3 Å². The van der Waals surface area contributed by atoms with Crippen molar-refractivity contribution in [3.05, 3.63) is 33.3 Å². The smallest absolute Gasteiger partial charge is 0.224 e. The number of nitrogens with zero attached hydrogens (tertiary/aromatic N) is 3. The van der Waals surface area contributed by atoms with Crippen molar-refractivity contribution in [3.8, 4) is 0 Å². The number of oxazole rings is 1. The van der Waals surface area contributed by atoms with Crippen LogP contribution < -0.4 is 5.32 Å². The second-order valence-corrected chi connectivity index (χ2v) is 4.63. The lowest BCUT2D eigenvalue weighted by Crippen LogP contribution is -2.03. The van der Waals surface area contributed by atoms with E-state index in [4.69, 9.17) is 16.0 Å². The Hall–Kier alpha value is -1.14. The van der Waals surface area contributed by atoms with E-state index in [-0.39, 0.29) is 5.28 Å². The summed E-state index contributed by atoms with van der Waals surface area (Å²) in [5.41, 5.74) is 0.890. The van der Waals surface area contributed by atoms with Gasteiger partial charge in [0.15, 0.2) is 0 Å². The average Bonchev–Trinajstić information content (AvgIpc) is 2.60. The minimum atomic E-state index is 0.190. The van der Waals surface area contributed by atoms with Crippen LogP contribution >= 0.6 is 27.5 Å². The normalized spacial score (nSPS) is 10.6. The molecule has 0 aliphatic carbocycles. The first-order chi connectivity index (χ1) is 8.06. The van der Waals surface area contributed by atoms with Crippen molar-refractivity contribution in [2.45, 2.75) is 20.4 Å². The lowest BCUT2D eigenvalue weighted by Gasteiger charge is -2.04. The summed E-state index contributed by atoms with van der Waals surface area (Å²) in [6, 6.07) is 0. The summed E-state index contributed by atoms with van der Waals surface area (Å²) in [6.07, 6.45) is 1.59. The van der Waals surface area contributed by atoms with Crippen LogP contribution in [0.4, 0.5) is 5.82 Å². The molecule has 2 aromatic heterocycles. The fourth-order valence-corrected chi connectivity index (χ4v) is 1.71. The molecule has 90 valence electrons. The van der Waals surface area contributed by atoms with Gasteiger partial charge in [0.05, 0.1) is 16.7 Å². The highest BCUT2D eigenvalue weighted by atomic mass is 79.9. The van der Waals surface area contributed by atoms with E-state index in [2.05, 4.69) is 36.2 Å². The van der Waals surface area contributed by atoms with Crippen molar-refractivity contribution in [2.24, 2.45) is 0 Å². The molecule has 0 saturated heterocycles. The van der Waals surface area contributed by atoms with E-state index in [1.165, 1.54) is 0 Å². The van der Waals surface area contributed by atoms with Crippen molar-refractivity contribution in [1.82, 2.24) is 15.0 Å². The summed E-state index contributed by atoms with van der Waals surface area (Å²) >= 11 is 9.03. The topological polar surface area (TPSA) is 63.8 Å². The Bertz CT molecular complexity index is 524. The molecule has 1 N–H and O–H groups in total. The largest absolute Gasteiger partial charge is 0.444 e. The van der Waals surface area contributed by atoms with Crippen LogP contribution in [0.25, 0.3) is 0 Å². The molecule has 0 aromatic carbocycles. The van der Waals surface area contributed by atoms with Gasteiger partial charge in [0.1, 0.15) is 11.6 Å². The highest BCUT2D eigenvalue weighted by molar-refractivity contribution is 9.10. The summed E-state index contributed by atoms with van der Waals surface area (Å²) in [5, 5.41) is 3.26. The molecule has 0 amide bonds. The summed E-state index contributed by atoms with van der Waals surface area (Å²) in [5.74, 6) is 2.04. The maximum atomic E-state index is 5.71. The van der Waals surface area contributed by atoms with Gasteiger partial charge >= 0.3 is 0 Å². The third-order valence-corrected chi connectivity index (χ3v) is 2.96. The number of rotatable bonds is 3. The minimum Gasteiger partial charge on any atom is -0.444 e. The summed E-state index contributed by atoms with van der Waals surface area (Å²) < 4.78 is 6.18. The molecule has 0 atom stereocenters. The number of aromatic nitrogens is 3. The molecule has 5 nitrogen and oxygen atoms in total. The fraction of sp³-hybridized carbons (Fsp3) is 0.300. The third kappa shape index (κ3) is 2.95. The van der Waals surface area contributed by atoms with E-state index >= 15 is 0 Å². The highest BCUT2D eigenvalue weighted by Crippen LogP contribution is 2.20. The summed E-state index contributed by atoms with van der Waals surface area (Å²) in [4.78, 5) is 12.1. The van der Waals surface area contributed by atoms with Crippen molar-refractivity contribution in [2.75, 3.05) is 5.32 Å². The Balaban J connectivity index is 2.09. The lowest BCUT2D eigenvalue weighted by molar-refractivity contribution is 0.478. The zero-order valence-corrected chi connectivity index (χ0v) is 11.6. The van der Waals surface area contributed by atoms with Gasteiger partial charge in [-0.3, -0.25) is 0 Å². The number of nitrogens with one attached hydrogen (secondary N) is 1. The van der Waals surface area contributed by atoms with Gasteiger partial charge in [0, 0.05) is 6.20 Å². The number of halogens is 2. The van der Waals surface area contributed by atoms with Crippen molar-refractivity contribution < 1.29 is 4.42 Å². The second kappa shape index (κ2) is 5.01. The zero-order valence-electron chi connectivity index (χ0n) is 9.29. The Morgan fingerprint density at radius 2 is 2.18 bits per heavy atom. The molecule has 0 bridgehead atoms. The molecular weight excluding hydrogens is 307 g/mol. The van der Waals surface area contributed by atoms with Gasteiger partial charge in [-0.1, -0.05) is 0 Å². The molecule has 2 aromatic rings. The van der Waals surface area contributed by atoms with E-state index in [1.807, 2.05) is 13.8 Å². The van der Waals surface area contributed by atoms with Crippen LogP contribution in [0.2, 0.25) is 5.28 Å². The minimum absolute atomic E-state index is 0.190. The Labute approximate surface area is 112 Å². The van der Waals surface area contributed by atoms with Gasteiger partial charge in [-0.2, -0.15) is 4.98 Å². The number of hydrogen-bond donors (Lipinski definition) is 1. The summed E-state index contributed by atoms with van der Waals surface area (Å²) in [7, 11) is 0. The Morgan fingerprint density at radius 1 is 1.41 bits per heavy atom. The van der Waals surface area contributed by atoms with Gasteiger partial charge in [-0.25, -0.2) is 9.97 Å². The predicted molar refractivity (Wildman–Crippen MR) is 68.0 cm³/mol. The van der Waals surface area contributed by atoms with Gasteiger partial charge < -0.3 is 9.73 Å². The Morgan fingerprint density at radius 3 is 2.82 bits per heavy atom. The quantitative estimate of drug-likeness (QED) is 0.881. The van der Waals surface area contributed by atoms with Gasteiger partial charge in [0.2, 0.25) is 11.2 Å². The first-order valence-electron chi connectivity index (χ1n) is 4.91. The van der Waals surface area contributed by atoms with E-state index in [1.54, 1.807) is 6.20 Å². The van der Waals surface area contributed by atoms with Crippen LogP contribution in [0.15, 0.2) is 15.1 Å². The van der Waals surface area contributed by atoms with Crippen LogP contribution in [-0.4, -0.2) is 15.0 Å². The predicted octanol–water partition coefficient (Wildman–Crippen LogP) is 3.11. The van der Waals surface area contributed by atoms with E-state index < -0.39 is 0 Å². The second-order valence-electron chi connectivity index (χ2n) is 3.44. The average molecular weight is 318 g/mol. The van der Waals surface area contributed by atoms with Gasteiger partial charge in [-0.15, -0.1) is 0 Å². The SMILES string of the molecule is Cc1nc(CNc2nc(Cl)ncc2Br)oc1C. The standard InChI is InChI=1S/C10H10BrClN4O/c1-5-6(2)17-8(15-5)4-13-9-7(11)3-14-10(12)16-9/h3H,4H2,1-2H3,(H,13,14,16). The molecular formula is C10H10BrClN4O. The molecule has 0 aliphatic heterocycles. The van der Waals surface area contributed by atoms with Gasteiger partial charge in [0.25, 0.3) is 0 Å². The molecule has 0 unspecified atom stereocenters.